The molecule has 16 bridgehead atoms. The van der Waals surface area contributed by atoms with E-state index >= 15 is 0 Å². The van der Waals surface area contributed by atoms with Crippen LogP contribution in [0.25, 0.3) is 160 Å². The van der Waals surface area contributed by atoms with Gasteiger partial charge in [-0.1, -0.05) is 348 Å². The maximum absolute atomic E-state index is 10.5. The number of carbonyl (C=O) groups excluding carboxylic acids is 1. The zero-order valence-electron chi connectivity index (χ0n) is 84.0. The summed E-state index contributed by atoms with van der Waals surface area (Å²) in [6.07, 6.45) is 11.7. The second kappa shape index (κ2) is 39.1. The van der Waals surface area contributed by atoms with Crippen LogP contribution < -0.4 is 25.0 Å². The second-order valence-corrected chi connectivity index (χ2v) is 44.2. The minimum Gasteiger partial charge on any atom is -0.657 e. The molecule has 10 nitrogen and oxygen atoms in total. The summed E-state index contributed by atoms with van der Waals surface area (Å²) in [5.41, 5.74) is 33.7. The van der Waals surface area contributed by atoms with E-state index in [1.807, 2.05) is 30.3 Å². The van der Waals surface area contributed by atoms with Crippen molar-refractivity contribution in [3.05, 3.63) is 325 Å². The first-order valence-electron chi connectivity index (χ1n) is 47.0. The molecule has 4 aliphatic rings. The van der Waals surface area contributed by atoms with Crippen LogP contribution in [0.4, 0.5) is 13.2 Å². The molecular weight excluding hydrogens is 1820 g/mol. The third kappa shape index (κ3) is 22.3. The number of aliphatic carboxylic acids is 1. The Morgan fingerprint density at radius 2 is 0.457 bits per heavy atom. The first kappa shape index (κ1) is 102. The Morgan fingerprint density at radius 1 is 0.264 bits per heavy atom. The number of halogens is 3. The molecule has 6 aromatic heterocycles. The van der Waals surface area contributed by atoms with Crippen LogP contribution in [-0.4, -0.2) is 32.1 Å². The van der Waals surface area contributed by atoms with Gasteiger partial charge >= 0.3 is 39.2 Å². The van der Waals surface area contributed by atoms with Crippen molar-refractivity contribution in [2.24, 2.45) is 0 Å². The minimum absolute atomic E-state index is 0. The number of alkyl halides is 3. The number of aromatic nitrogens is 8. The van der Waals surface area contributed by atoms with Crippen molar-refractivity contribution in [1.82, 2.24) is 39.9 Å². The fourth-order valence-corrected chi connectivity index (χ4v) is 17.1. The number of fused-ring (bicyclic) bond motifs is 16. The molecule has 17 rings (SSSR count). The van der Waals surface area contributed by atoms with E-state index < -0.39 is 12.1 Å². The summed E-state index contributed by atoms with van der Waals surface area (Å²) >= 11 is 0. The normalized spacial score (nSPS) is 12.6. The summed E-state index contributed by atoms with van der Waals surface area (Å²) < 4.78 is 31.5. The molecule has 0 aliphatic carbocycles. The molecule has 140 heavy (non-hydrogen) atoms. The van der Waals surface area contributed by atoms with E-state index in [4.69, 9.17) is 49.8 Å². The van der Waals surface area contributed by atoms with Crippen LogP contribution in [0.5, 0.6) is 0 Å². The number of rotatable bonds is 7. The molecule has 0 saturated carbocycles. The van der Waals surface area contributed by atoms with E-state index in [1.165, 1.54) is 44.5 Å². The number of carboxylic acids is 1. The molecule has 0 N–H and O–H groups in total. The van der Waals surface area contributed by atoms with E-state index in [-0.39, 0.29) is 76.3 Å². The average molecular weight is 1940 g/mol. The fourth-order valence-electron chi connectivity index (χ4n) is 17.1. The Kier molecular flexibility index (Phi) is 28.5. The molecule has 0 amide bonds. The third-order valence-corrected chi connectivity index (χ3v) is 25.3. The minimum atomic E-state index is -5.19. The van der Waals surface area contributed by atoms with Crippen LogP contribution in [0.2, 0.25) is 0 Å². The molecule has 7 aromatic carbocycles. The number of benzene rings is 7. The van der Waals surface area contributed by atoms with Gasteiger partial charge in [0, 0.05) is 46.9 Å². The molecule has 708 valence electrons. The zero-order valence-corrected chi connectivity index (χ0v) is 86.0. The molecule has 13 aromatic rings. The first-order valence-corrected chi connectivity index (χ1v) is 47.0. The van der Waals surface area contributed by atoms with E-state index in [9.17, 15) is 13.2 Å². The Bertz CT molecular complexity index is 7150. The Hall–Kier alpha value is -13.9. The summed E-state index contributed by atoms with van der Waals surface area (Å²) in [5.74, 6) is 25.0. The van der Waals surface area contributed by atoms with Gasteiger partial charge in [-0.15, -0.1) is 44.1 Å². The molecule has 0 unspecified atom stereocenters. The number of carboxylic acid groups (broad SMARTS) is 1. The molecule has 15 heteroatoms. The van der Waals surface area contributed by atoms with Crippen LogP contribution in [0.1, 0.15) is 273 Å². The Morgan fingerprint density at radius 3 is 0.679 bits per heavy atom. The van der Waals surface area contributed by atoms with Gasteiger partial charge in [0.05, 0.1) is 63.0 Å². The van der Waals surface area contributed by atoms with E-state index in [1.54, 1.807) is 0 Å². The van der Waals surface area contributed by atoms with Gasteiger partial charge in [0.1, 0.15) is 5.97 Å². The number of carbonyl (C=O) groups is 1. The van der Waals surface area contributed by atoms with E-state index in [2.05, 4.69) is 444 Å². The van der Waals surface area contributed by atoms with Gasteiger partial charge in [0.15, 0.2) is 5.92 Å². The van der Waals surface area contributed by atoms with Crippen molar-refractivity contribution in [2.45, 2.75) is 216 Å². The number of hydrogen-bond donors (Lipinski definition) is 0. The van der Waals surface area contributed by atoms with Crippen LogP contribution >= 0.6 is 0 Å². The van der Waals surface area contributed by atoms with Gasteiger partial charge < -0.3 is 29.8 Å². The molecule has 0 spiro atoms. The van der Waals surface area contributed by atoms with Crippen LogP contribution in [0, 0.1) is 53.3 Å². The second-order valence-electron chi connectivity index (χ2n) is 44.2. The maximum Gasteiger partial charge on any atom is 2.00 e. The summed E-state index contributed by atoms with van der Waals surface area (Å²) in [6, 6.07) is 76.0. The summed E-state index contributed by atoms with van der Waals surface area (Å²) in [5, 5.41) is 8.78. The van der Waals surface area contributed by atoms with Crippen molar-refractivity contribution >= 4 is 98.7 Å². The molecule has 10 heterocycles. The monoisotopic (exact) mass is 1930 g/mol. The predicted molar refractivity (Wildman–Crippen MR) is 565 cm³/mol. The molecule has 0 saturated heterocycles. The van der Waals surface area contributed by atoms with Gasteiger partial charge in [-0.3, -0.25) is 0 Å². The largest absolute Gasteiger partial charge is 2.00 e. The Labute approximate surface area is 843 Å². The summed E-state index contributed by atoms with van der Waals surface area (Å²) in [4.78, 5) is 54.3. The van der Waals surface area contributed by atoms with Gasteiger partial charge in [0.25, 0.3) is 0 Å². The zero-order chi connectivity index (χ0) is 98.9. The van der Waals surface area contributed by atoms with Crippen molar-refractivity contribution in [2.75, 3.05) is 0 Å². The first-order chi connectivity index (χ1) is 64.9. The molecule has 0 radical (unpaired) electrons. The topological polar surface area (TPSA) is 148 Å². The quantitative estimate of drug-likeness (QED) is 0.0858. The SMILES string of the molecule is CC(C)(C)c1cc(-c2c3nc(c(-c4ccccc4)c4ccc([n-]4)c(-c4cc(C(C)(C)C)cc(C(C)(C)C)c4)c4nc(c(C#CC#C[C+](C#CC#Cc5c6nc(c(-c7cc(C(C)(C)C)cc(C(C)(C)C)c7)c7ccc([n-]7)c(-c7ccccc7)c7nc(c(-c8cc(C(C)(C)C)cc(C(C)(C)C)c8)c8ccc5[n-]8)C=C7)C=C6)c5ccccc5)c5ccc2[n-]5)C=C4)C=C3)cc(C(C)(C)C)c1.O=C([O-])C(F)(F)F.[Ni+2].[Ni+2]. The molecule has 0 fully saturated rings. The van der Waals surface area contributed by atoms with Crippen LogP contribution in [-0.2, 0) is 81.1 Å². The molecule has 4 aliphatic heterocycles. The smallest absolute Gasteiger partial charge is 0.657 e. The molecular formula is C125H115F3N8Ni2O2. The fraction of sp³-hybridized carbons (Fsp3) is 0.264. The molecule has 0 atom stereocenters. The Balaban J connectivity index is 0.00000167. The van der Waals surface area contributed by atoms with Crippen LogP contribution in [0.15, 0.2) is 212 Å². The van der Waals surface area contributed by atoms with Crippen LogP contribution in [0.3, 0.4) is 0 Å². The average Bonchev–Trinajstić information content (AvgIpc) is 1.60. The summed E-state index contributed by atoms with van der Waals surface area (Å²) in [6.45, 7) is 54.7. The number of nitrogens with zero attached hydrogens (tertiary/aromatic N) is 8. The van der Waals surface area contributed by atoms with Gasteiger partial charge in [-0.05, 0) is 233 Å². The number of hydrogen-bond acceptors (Lipinski definition) is 6. The van der Waals surface area contributed by atoms with Gasteiger partial charge in [-0.25, -0.2) is 19.9 Å². The standard InChI is InChI=1S/C123H115N8.C2HF3O2.2Ni/c1-116(2,3)84-64-80(65-85(72-84)117(4,5)6)112-102-52-48-94(124-102)92(95-49-53-103(125-95)113(81-66-86(118(7,8)9)73-87(67-81)119(10,11)12)107-61-57-99(129-107)110(78-42-30-26-31-43-78)98-56-60-106(112)128-98)46-36-34-40-77(76-38-28-25-29-39-76)41-35-37-47-93-96-50-54-104(126-96)114(82-68-88(120(13,14)15)74-89(69-82)121(16,17)18)108-62-58-100(130-108)111(79-44-32-27-33-45-79)101-59-63-109(131-101)115(105-55-51-97(93)127-105)83-70-90(122(19,20)21)75-91(71-83)123(22,23)24;3-2(4,5)1(6)7;;/h25-33,38-39,42-45,48-75H,1-24H3;(H,6,7);;/q-3;;2*+2/p-1. The van der Waals surface area contributed by atoms with Crippen molar-refractivity contribution in [1.29, 1.82) is 0 Å². The summed E-state index contributed by atoms with van der Waals surface area (Å²) in [7, 11) is 0. The third-order valence-electron chi connectivity index (χ3n) is 25.3. The van der Waals surface area contributed by atoms with E-state index in [0.717, 1.165) is 140 Å². The predicted octanol–water partition coefficient (Wildman–Crippen LogP) is 28.8. The van der Waals surface area contributed by atoms with Gasteiger partial charge in [0.2, 0.25) is 0 Å². The maximum atomic E-state index is 10.5. The van der Waals surface area contributed by atoms with Crippen molar-refractivity contribution in [3.8, 4) is 114 Å². The van der Waals surface area contributed by atoms with Crippen molar-refractivity contribution < 1.29 is 56.1 Å². The van der Waals surface area contributed by atoms with Gasteiger partial charge in [-0.2, -0.15) is 13.2 Å². The van der Waals surface area contributed by atoms with E-state index in [0.29, 0.717) is 39.5 Å². The van der Waals surface area contributed by atoms with Crippen molar-refractivity contribution in [3.63, 3.8) is 0 Å².